The number of thioether (sulfide) groups is 1. The molecule has 1 N–H and O–H groups in total. The van der Waals surface area contributed by atoms with E-state index < -0.39 is 15.9 Å². The third-order valence-electron chi connectivity index (χ3n) is 4.34. The van der Waals surface area contributed by atoms with Gasteiger partial charge < -0.3 is 0 Å². The van der Waals surface area contributed by atoms with E-state index in [-0.39, 0.29) is 11.4 Å². The lowest BCUT2D eigenvalue weighted by Crippen LogP contribution is -2.38. The average Bonchev–Trinajstić information content (AvgIpc) is 3.14. The molecule has 30 heavy (non-hydrogen) atoms. The number of aryl methyl sites for hydroxylation is 3. The predicted molar refractivity (Wildman–Crippen MR) is 122 cm³/mol. The van der Waals surface area contributed by atoms with Crippen LogP contribution in [0.15, 0.2) is 51.7 Å². The zero-order valence-electron chi connectivity index (χ0n) is 17.0. The van der Waals surface area contributed by atoms with Crippen LogP contribution in [0.4, 0.5) is 10.8 Å². The Morgan fingerprint density at radius 1 is 1.07 bits per heavy atom. The first kappa shape index (κ1) is 22.3. The highest BCUT2D eigenvalue weighted by Gasteiger charge is 2.28. The molecule has 0 bridgehead atoms. The van der Waals surface area contributed by atoms with Crippen molar-refractivity contribution in [3.8, 4) is 0 Å². The molecule has 0 fully saturated rings. The fourth-order valence-corrected chi connectivity index (χ4v) is 5.53. The summed E-state index contributed by atoms with van der Waals surface area (Å²) < 4.78 is 28.7. The smallest absolute Gasteiger partial charge is 0.264 e. The van der Waals surface area contributed by atoms with Gasteiger partial charge in [-0.3, -0.25) is 14.4 Å². The van der Waals surface area contributed by atoms with Crippen LogP contribution in [0.3, 0.4) is 0 Å². The number of nitrogens with one attached hydrogen (secondary N) is 1. The molecule has 1 amide bonds. The van der Waals surface area contributed by atoms with Crippen LogP contribution in [0.2, 0.25) is 0 Å². The Bertz CT molecular complexity index is 1160. The fourth-order valence-electron chi connectivity index (χ4n) is 2.85. The number of aromatic nitrogens is 2. The van der Waals surface area contributed by atoms with Crippen molar-refractivity contribution in [3.63, 3.8) is 0 Å². The summed E-state index contributed by atoms with van der Waals surface area (Å²) in [6.45, 7) is 5.26. The van der Waals surface area contributed by atoms with Gasteiger partial charge in [0.05, 0.1) is 10.6 Å². The standard InChI is InChI=1S/C20H22N4O3S3/c1-13-5-8-16(9-6-13)30(26,27)24(17-10-7-14(2)11-15(17)3)12-18(25)21-19-22-23-20(28-4)29-19/h5-11H,12H2,1-4H3,(H,21,22,25). The van der Waals surface area contributed by atoms with Crippen molar-refractivity contribution in [1.29, 1.82) is 0 Å². The topological polar surface area (TPSA) is 92.3 Å². The van der Waals surface area contributed by atoms with E-state index in [2.05, 4.69) is 15.5 Å². The molecule has 0 aliphatic rings. The zero-order chi connectivity index (χ0) is 21.9. The van der Waals surface area contributed by atoms with Crippen molar-refractivity contribution < 1.29 is 13.2 Å². The average molecular weight is 463 g/mol. The molecule has 0 aliphatic heterocycles. The molecule has 10 heteroatoms. The van der Waals surface area contributed by atoms with Crippen LogP contribution in [0.1, 0.15) is 16.7 Å². The maximum atomic E-state index is 13.4. The van der Waals surface area contributed by atoms with Crippen molar-refractivity contribution in [2.75, 3.05) is 22.4 Å². The van der Waals surface area contributed by atoms with Crippen LogP contribution < -0.4 is 9.62 Å². The summed E-state index contributed by atoms with van der Waals surface area (Å²) in [5.41, 5.74) is 3.18. The number of amides is 1. The molecule has 0 saturated carbocycles. The number of sulfonamides is 1. The van der Waals surface area contributed by atoms with Gasteiger partial charge in [0.2, 0.25) is 11.0 Å². The van der Waals surface area contributed by atoms with Gasteiger partial charge in [-0.05, 0) is 50.8 Å². The first-order valence-corrected chi connectivity index (χ1v) is 12.5. The second kappa shape index (κ2) is 9.15. The first-order chi connectivity index (χ1) is 14.2. The van der Waals surface area contributed by atoms with E-state index >= 15 is 0 Å². The molecule has 1 aromatic heterocycles. The third-order valence-corrected chi connectivity index (χ3v) is 7.93. The largest absolute Gasteiger partial charge is 0.299 e. The van der Waals surface area contributed by atoms with Crippen LogP contribution in [-0.2, 0) is 14.8 Å². The van der Waals surface area contributed by atoms with Gasteiger partial charge in [-0.15, -0.1) is 10.2 Å². The molecular weight excluding hydrogens is 440 g/mol. The number of carbonyl (C=O) groups excluding carboxylic acids is 1. The summed E-state index contributed by atoms with van der Waals surface area (Å²) in [6.07, 6.45) is 1.86. The van der Waals surface area contributed by atoms with Crippen LogP contribution in [-0.4, -0.2) is 37.3 Å². The number of benzene rings is 2. The lowest BCUT2D eigenvalue weighted by Gasteiger charge is -2.25. The Balaban J connectivity index is 1.96. The van der Waals surface area contributed by atoms with Gasteiger partial charge >= 0.3 is 0 Å². The van der Waals surface area contributed by atoms with Gasteiger partial charge in [0.15, 0.2) is 4.34 Å². The summed E-state index contributed by atoms with van der Waals surface area (Å²) >= 11 is 2.66. The van der Waals surface area contributed by atoms with Crippen LogP contribution >= 0.6 is 23.1 Å². The molecule has 0 spiro atoms. The Hall–Kier alpha value is -2.43. The summed E-state index contributed by atoms with van der Waals surface area (Å²) in [5, 5.41) is 10.8. The first-order valence-electron chi connectivity index (χ1n) is 9.04. The Morgan fingerprint density at radius 3 is 2.33 bits per heavy atom. The SMILES string of the molecule is CSc1nnc(NC(=O)CN(c2ccc(C)cc2C)S(=O)(=O)c2ccc(C)cc2)s1. The highest BCUT2D eigenvalue weighted by atomic mass is 32.2. The molecule has 1 heterocycles. The van der Waals surface area contributed by atoms with E-state index in [9.17, 15) is 13.2 Å². The van der Waals surface area contributed by atoms with Crippen molar-refractivity contribution in [3.05, 3.63) is 59.2 Å². The molecule has 0 aliphatic carbocycles. The van der Waals surface area contributed by atoms with Gasteiger partial charge in [-0.25, -0.2) is 8.42 Å². The van der Waals surface area contributed by atoms with Crippen molar-refractivity contribution >= 4 is 49.8 Å². The molecule has 0 unspecified atom stereocenters. The van der Waals surface area contributed by atoms with Gasteiger partial charge in [0, 0.05) is 0 Å². The van der Waals surface area contributed by atoms with E-state index in [0.29, 0.717) is 15.2 Å². The second-order valence-electron chi connectivity index (χ2n) is 6.74. The van der Waals surface area contributed by atoms with Crippen molar-refractivity contribution in [1.82, 2.24) is 10.2 Å². The molecule has 158 valence electrons. The van der Waals surface area contributed by atoms with Gasteiger partial charge in [0.25, 0.3) is 10.0 Å². The number of rotatable bonds is 7. The van der Waals surface area contributed by atoms with Crippen LogP contribution in [0.25, 0.3) is 0 Å². The molecule has 0 atom stereocenters. The number of anilines is 2. The minimum absolute atomic E-state index is 0.126. The second-order valence-corrected chi connectivity index (χ2v) is 10.6. The summed E-state index contributed by atoms with van der Waals surface area (Å²) in [6, 6.07) is 12.0. The minimum atomic E-state index is -3.96. The highest BCUT2D eigenvalue weighted by Crippen LogP contribution is 2.28. The van der Waals surface area contributed by atoms with E-state index in [0.717, 1.165) is 21.0 Å². The zero-order valence-corrected chi connectivity index (χ0v) is 19.5. The number of carbonyl (C=O) groups is 1. The molecule has 2 aromatic carbocycles. The quantitative estimate of drug-likeness (QED) is 0.421. The Kier molecular flexibility index (Phi) is 6.79. The molecule has 0 radical (unpaired) electrons. The Labute approximate surface area is 184 Å². The molecule has 3 rings (SSSR count). The van der Waals surface area contributed by atoms with Gasteiger partial charge in [0.1, 0.15) is 6.54 Å². The summed E-state index contributed by atoms with van der Waals surface area (Å²) in [5.74, 6) is -0.491. The summed E-state index contributed by atoms with van der Waals surface area (Å²) in [4.78, 5) is 12.8. The number of hydrogen-bond donors (Lipinski definition) is 1. The molecular formula is C20H22N4O3S3. The molecule has 0 saturated heterocycles. The monoisotopic (exact) mass is 462 g/mol. The van der Waals surface area contributed by atoms with E-state index in [1.807, 2.05) is 39.2 Å². The summed E-state index contributed by atoms with van der Waals surface area (Å²) in [7, 11) is -3.96. The molecule has 7 nitrogen and oxygen atoms in total. The van der Waals surface area contributed by atoms with Crippen LogP contribution in [0.5, 0.6) is 0 Å². The van der Waals surface area contributed by atoms with Gasteiger partial charge in [-0.2, -0.15) is 0 Å². The number of nitrogens with zero attached hydrogens (tertiary/aromatic N) is 3. The predicted octanol–water partition coefficient (Wildman–Crippen LogP) is 4.02. The number of hydrogen-bond acceptors (Lipinski definition) is 7. The molecule has 3 aromatic rings. The normalized spacial score (nSPS) is 11.3. The lowest BCUT2D eigenvalue weighted by molar-refractivity contribution is -0.114. The van der Waals surface area contributed by atoms with E-state index in [1.54, 1.807) is 30.3 Å². The maximum Gasteiger partial charge on any atom is 0.264 e. The lowest BCUT2D eigenvalue weighted by atomic mass is 10.1. The maximum absolute atomic E-state index is 13.4. The van der Waals surface area contributed by atoms with Gasteiger partial charge in [-0.1, -0.05) is 58.5 Å². The minimum Gasteiger partial charge on any atom is -0.299 e. The Morgan fingerprint density at radius 2 is 1.73 bits per heavy atom. The van der Waals surface area contributed by atoms with E-state index in [4.69, 9.17) is 0 Å². The van der Waals surface area contributed by atoms with Crippen molar-refractivity contribution in [2.45, 2.75) is 30.0 Å². The third kappa shape index (κ3) is 5.00. The fraction of sp³-hybridized carbons (Fsp3) is 0.250. The van der Waals surface area contributed by atoms with Crippen molar-refractivity contribution in [2.24, 2.45) is 0 Å². The highest BCUT2D eigenvalue weighted by molar-refractivity contribution is 8.00. The van der Waals surface area contributed by atoms with Crippen LogP contribution in [0, 0.1) is 20.8 Å². The van der Waals surface area contributed by atoms with E-state index in [1.165, 1.54) is 23.1 Å².